The van der Waals surface area contributed by atoms with Crippen molar-refractivity contribution >= 4 is 34.2 Å². The van der Waals surface area contributed by atoms with E-state index < -0.39 is 0 Å². The number of hydrogen-bond acceptors (Lipinski definition) is 0. The summed E-state index contributed by atoms with van der Waals surface area (Å²) in [6.45, 7) is 2.28. The van der Waals surface area contributed by atoms with Gasteiger partial charge in [-0.15, -0.1) is 11.6 Å². The number of hydrogen-bond donors (Lipinski definition) is 0. The van der Waals surface area contributed by atoms with Crippen molar-refractivity contribution < 1.29 is 0 Å². The van der Waals surface area contributed by atoms with Crippen LogP contribution in [0.3, 0.4) is 0 Å². The average Bonchev–Trinajstić information content (AvgIpc) is 2.28. The van der Waals surface area contributed by atoms with E-state index in [1.807, 2.05) is 0 Å². The molecule has 0 radical (unpaired) electrons. The van der Waals surface area contributed by atoms with Crippen LogP contribution in [0.5, 0.6) is 0 Å². The second kappa shape index (κ2) is 14.1. The molecular weight excluding hydrogens is 331 g/mol. The molecule has 98 valence electrons. The Hall–Kier alpha value is 1.02. The lowest BCUT2D eigenvalue weighted by Gasteiger charge is -2.09. The van der Waals surface area contributed by atoms with Gasteiger partial charge in [-0.25, -0.2) is 0 Å². The maximum atomic E-state index is 5.65. The van der Waals surface area contributed by atoms with E-state index in [2.05, 4.69) is 29.5 Å². The second-order valence-corrected chi connectivity index (χ2v) is 6.83. The fourth-order valence-corrected chi connectivity index (χ4v) is 3.00. The minimum absolute atomic E-state index is 0.838. The first-order valence-corrected chi connectivity index (χ1v) is 8.79. The van der Waals surface area contributed by atoms with Crippen LogP contribution < -0.4 is 0 Å². The molecule has 0 heterocycles. The van der Waals surface area contributed by atoms with E-state index in [0.29, 0.717) is 0 Å². The summed E-state index contributed by atoms with van der Waals surface area (Å²) in [5.41, 5.74) is 0. The predicted molar refractivity (Wildman–Crippen MR) is 85.0 cm³/mol. The molecule has 0 saturated heterocycles. The van der Waals surface area contributed by atoms with E-state index in [4.69, 9.17) is 11.6 Å². The van der Waals surface area contributed by atoms with E-state index in [1.165, 1.54) is 70.6 Å². The molecule has 0 bridgehead atoms. The van der Waals surface area contributed by atoms with Gasteiger partial charge in [-0.3, -0.25) is 0 Å². The molecule has 0 aromatic rings. The molecule has 0 spiro atoms. The Balaban J connectivity index is 3.09. The first-order chi connectivity index (χ1) is 7.81. The third-order valence-electron chi connectivity index (χ3n) is 3.02. The van der Waals surface area contributed by atoms with Gasteiger partial charge in [-0.05, 0) is 19.3 Å². The number of unbranched alkanes of at least 4 members (excludes halogenated alkanes) is 7. The second-order valence-electron chi connectivity index (χ2n) is 4.69. The largest absolute Gasteiger partial charge is 0.127 e. The van der Waals surface area contributed by atoms with Gasteiger partial charge in [-0.2, -0.15) is 0 Å². The lowest BCUT2D eigenvalue weighted by molar-refractivity contribution is 0.566. The van der Waals surface area contributed by atoms with Crippen molar-refractivity contribution in [3.05, 3.63) is 0 Å². The Morgan fingerprint density at radius 1 is 0.812 bits per heavy atom. The van der Waals surface area contributed by atoms with Crippen LogP contribution >= 0.6 is 34.2 Å². The third-order valence-corrected chi connectivity index (χ3v) is 4.53. The Morgan fingerprint density at radius 3 is 1.81 bits per heavy atom. The molecule has 0 amide bonds. The van der Waals surface area contributed by atoms with Gasteiger partial charge in [0.1, 0.15) is 0 Å². The van der Waals surface area contributed by atoms with E-state index in [-0.39, 0.29) is 0 Å². The molecule has 0 fully saturated rings. The number of alkyl halides is 2. The molecule has 0 rings (SSSR count). The molecule has 0 nitrogen and oxygen atoms in total. The quantitative estimate of drug-likeness (QED) is 0.217. The highest BCUT2D eigenvalue weighted by atomic mass is 127. The topological polar surface area (TPSA) is 0 Å². The minimum atomic E-state index is 0.838. The molecule has 16 heavy (non-hydrogen) atoms. The van der Waals surface area contributed by atoms with Gasteiger partial charge in [0.25, 0.3) is 0 Å². The molecule has 0 aromatic carbocycles. The molecule has 1 atom stereocenters. The highest BCUT2D eigenvalue weighted by Gasteiger charge is 2.03. The minimum Gasteiger partial charge on any atom is -0.127 e. The van der Waals surface area contributed by atoms with Crippen LogP contribution in [0.25, 0.3) is 0 Å². The lowest BCUT2D eigenvalue weighted by atomic mass is 10.1. The van der Waals surface area contributed by atoms with E-state index >= 15 is 0 Å². The SMILES string of the molecule is CCCCCCCC(I)CCCCCCCl. The Bertz CT molecular complexity index is 114. The molecular formula is C14H28ClI. The van der Waals surface area contributed by atoms with Gasteiger partial charge in [0.15, 0.2) is 0 Å². The molecule has 0 aliphatic carbocycles. The van der Waals surface area contributed by atoms with Gasteiger partial charge in [-0.1, -0.05) is 80.9 Å². The van der Waals surface area contributed by atoms with Crippen LogP contribution in [0, 0.1) is 0 Å². The summed E-state index contributed by atoms with van der Waals surface area (Å²) in [4.78, 5) is 0. The summed E-state index contributed by atoms with van der Waals surface area (Å²) < 4.78 is 0.912. The van der Waals surface area contributed by atoms with Crippen molar-refractivity contribution in [2.45, 2.75) is 81.5 Å². The first kappa shape index (κ1) is 17.0. The average molecular weight is 359 g/mol. The lowest BCUT2D eigenvalue weighted by Crippen LogP contribution is -1.97. The zero-order valence-corrected chi connectivity index (χ0v) is 13.7. The highest BCUT2D eigenvalue weighted by Crippen LogP contribution is 2.19. The smallest absolute Gasteiger partial charge is 0.0223 e. The van der Waals surface area contributed by atoms with Gasteiger partial charge >= 0.3 is 0 Å². The Kier molecular flexibility index (Phi) is 15.0. The van der Waals surface area contributed by atoms with Gasteiger partial charge < -0.3 is 0 Å². The number of halogens is 2. The molecule has 0 aliphatic heterocycles. The molecule has 1 unspecified atom stereocenters. The monoisotopic (exact) mass is 358 g/mol. The van der Waals surface area contributed by atoms with Gasteiger partial charge in [0.05, 0.1) is 0 Å². The molecule has 0 aliphatic rings. The summed E-state index contributed by atoms with van der Waals surface area (Å²) in [5, 5.41) is 0. The van der Waals surface area contributed by atoms with Crippen molar-refractivity contribution in [3.8, 4) is 0 Å². The van der Waals surface area contributed by atoms with Crippen molar-refractivity contribution in [3.63, 3.8) is 0 Å². The third kappa shape index (κ3) is 13.1. The van der Waals surface area contributed by atoms with Crippen LogP contribution in [0.15, 0.2) is 0 Å². The summed E-state index contributed by atoms with van der Waals surface area (Å²) in [6, 6.07) is 0. The number of rotatable bonds is 12. The summed E-state index contributed by atoms with van der Waals surface area (Å²) in [5.74, 6) is 0.838. The van der Waals surface area contributed by atoms with E-state index in [9.17, 15) is 0 Å². The maximum Gasteiger partial charge on any atom is 0.0223 e. The van der Waals surface area contributed by atoms with E-state index in [1.54, 1.807) is 0 Å². The molecule has 0 N–H and O–H groups in total. The van der Waals surface area contributed by atoms with Crippen molar-refractivity contribution in [2.75, 3.05) is 5.88 Å². The standard InChI is InChI=1S/C14H28ClI/c1-2-3-4-5-8-11-14(16)12-9-6-7-10-13-15/h14H,2-13H2,1H3. The van der Waals surface area contributed by atoms with E-state index in [0.717, 1.165) is 9.80 Å². The first-order valence-electron chi connectivity index (χ1n) is 7.01. The summed E-state index contributed by atoms with van der Waals surface area (Å²) >= 11 is 8.29. The van der Waals surface area contributed by atoms with Gasteiger partial charge in [0.2, 0.25) is 0 Å². The molecule has 0 aromatic heterocycles. The van der Waals surface area contributed by atoms with Crippen molar-refractivity contribution in [1.29, 1.82) is 0 Å². The van der Waals surface area contributed by atoms with Crippen LogP contribution in [-0.2, 0) is 0 Å². The van der Waals surface area contributed by atoms with Gasteiger partial charge in [0, 0.05) is 9.80 Å². The van der Waals surface area contributed by atoms with Crippen molar-refractivity contribution in [2.24, 2.45) is 0 Å². The zero-order valence-electron chi connectivity index (χ0n) is 10.8. The van der Waals surface area contributed by atoms with Crippen LogP contribution in [0.1, 0.15) is 77.6 Å². The van der Waals surface area contributed by atoms with Crippen LogP contribution in [0.2, 0.25) is 0 Å². The van der Waals surface area contributed by atoms with Crippen molar-refractivity contribution in [1.82, 2.24) is 0 Å². The van der Waals surface area contributed by atoms with Crippen LogP contribution in [-0.4, -0.2) is 9.80 Å². The molecule has 0 saturated carbocycles. The fraction of sp³-hybridized carbons (Fsp3) is 1.00. The normalized spacial score (nSPS) is 12.9. The molecule has 2 heteroatoms. The summed E-state index contributed by atoms with van der Waals surface area (Å²) in [7, 11) is 0. The zero-order chi connectivity index (χ0) is 12.1. The fourth-order valence-electron chi connectivity index (χ4n) is 1.93. The Labute approximate surface area is 121 Å². The summed E-state index contributed by atoms with van der Waals surface area (Å²) in [6.07, 6.45) is 15.2. The predicted octanol–water partition coefficient (Wildman–Crippen LogP) is 6.34. The maximum absolute atomic E-state index is 5.65. The highest BCUT2D eigenvalue weighted by molar-refractivity contribution is 14.1. The Morgan fingerprint density at radius 2 is 1.31 bits per heavy atom. The van der Waals surface area contributed by atoms with Crippen LogP contribution in [0.4, 0.5) is 0 Å².